The third-order valence-corrected chi connectivity index (χ3v) is 6.77. The number of para-hydroxylation sites is 1. The highest BCUT2D eigenvalue weighted by atomic mass is 16.5. The SMILES string of the molecule is O=C(O)CN1C(=O)[C@H](NC(CCc2ccccc2)C(=O)O[C@H]2CN[C@H](C(=O)O)C2)CCc2ccccc21. The number of benzene rings is 2. The number of ether oxygens (including phenoxy) is 1. The summed E-state index contributed by atoms with van der Waals surface area (Å²) in [5.74, 6) is -3.11. The fourth-order valence-electron chi connectivity index (χ4n) is 4.86. The Kier molecular flexibility index (Phi) is 8.52. The van der Waals surface area contributed by atoms with Crippen LogP contribution in [0.1, 0.15) is 30.4 Å². The van der Waals surface area contributed by atoms with E-state index in [0.29, 0.717) is 31.4 Å². The van der Waals surface area contributed by atoms with E-state index in [-0.39, 0.29) is 13.0 Å². The lowest BCUT2D eigenvalue weighted by Crippen LogP contribution is -2.53. The van der Waals surface area contributed by atoms with Crippen LogP contribution in [0.15, 0.2) is 54.6 Å². The first-order valence-electron chi connectivity index (χ1n) is 12.4. The van der Waals surface area contributed by atoms with Crippen molar-refractivity contribution in [2.75, 3.05) is 18.0 Å². The Balaban J connectivity index is 1.52. The van der Waals surface area contributed by atoms with Crippen LogP contribution in [0, 0.1) is 0 Å². The smallest absolute Gasteiger partial charge is 0.323 e. The van der Waals surface area contributed by atoms with Crippen LogP contribution < -0.4 is 15.5 Å². The maximum Gasteiger partial charge on any atom is 0.323 e. The highest BCUT2D eigenvalue weighted by molar-refractivity contribution is 6.02. The number of carbonyl (C=O) groups is 4. The molecule has 0 bridgehead atoms. The van der Waals surface area contributed by atoms with Crippen LogP contribution >= 0.6 is 0 Å². The number of aryl methyl sites for hydroxylation is 2. The lowest BCUT2D eigenvalue weighted by Gasteiger charge is -2.28. The molecule has 10 heteroatoms. The van der Waals surface area contributed by atoms with Crippen molar-refractivity contribution in [3.63, 3.8) is 0 Å². The molecule has 2 aromatic rings. The molecule has 0 aromatic heterocycles. The van der Waals surface area contributed by atoms with Gasteiger partial charge in [-0.1, -0.05) is 48.5 Å². The Morgan fingerprint density at radius 1 is 1.08 bits per heavy atom. The summed E-state index contributed by atoms with van der Waals surface area (Å²) in [4.78, 5) is 50.8. The van der Waals surface area contributed by atoms with Crippen molar-refractivity contribution < 1.29 is 34.1 Å². The Morgan fingerprint density at radius 2 is 1.81 bits per heavy atom. The highest BCUT2D eigenvalue weighted by Gasteiger charge is 2.37. The predicted molar refractivity (Wildman–Crippen MR) is 134 cm³/mol. The molecule has 196 valence electrons. The highest BCUT2D eigenvalue weighted by Crippen LogP contribution is 2.27. The van der Waals surface area contributed by atoms with E-state index >= 15 is 0 Å². The van der Waals surface area contributed by atoms with Crippen LogP contribution in [-0.4, -0.2) is 71.3 Å². The normalized spacial score (nSPS) is 22.1. The van der Waals surface area contributed by atoms with Crippen molar-refractivity contribution >= 4 is 29.5 Å². The number of aliphatic carboxylic acids is 2. The molecule has 0 saturated carbocycles. The van der Waals surface area contributed by atoms with Crippen LogP contribution in [0.4, 0.5) is 5.69 Å². The minimum atomic E-state index is -1.13. The van der Waals surface area contributed by atoms with Crippen LogP contribution in [0.5, 0.6) is 0 Å². The number of hydrogen-bond donors (Lipinski definition) is 4. The Hall–Kier alpha value is -3.76. The van der Waals surface area contributed by atoms with E-state index in [9.17, 15) is 29.4 Å². The standard InChI is InChI=1S/C27H31N3O7/c31-24(32)16-30-23-9-5-4-8-18(23)11-13-20(25(30)33)29-21(12-10-17-6-2-1-3-7-17)27(36)37-19-14-22(26(34)35)28-15-19/h1-9,19-22,28-29H,10-16H2,(H,31,32)(H,34,35)/t19-,20-,21?,22+/m1/s1. The summed E-state index contributed by atoms with van der Waals surface area (Å²) in [5, 5.41) is 24.7. The van der Waals surface area contributed by atoms with E-state index in [1.165, 1.54) is 4.90 Å². The zero-order valence-electron chi connectivity index (χ0n) is 20.3. The van der Waals surface area contributed by atoms with Crippen LogP contribution in [0.25, 0.3) is 0 Å². The zero-order chi connectivity index (χ0) is 26.4. The van der Waals surface area contributed by atoms with Gasteiger partial charge < -0.3 is 20.3 Å². The average molecular weight is 510 g/mol. The Labute approximate surface area is 214 Å². The number of carboxylic acids is 2. The number of nitrogens with one attached hydrogen (secondary N) is 2. The molecule has 4 rings (SSSR count). The number of carboxylic acid groups (broad SMARTS) is 2. The topological polar surface area (TPSA) is 145 Å². The Bertz CT molecular complexity index is 1140. The van der Waals surface area contributed by atoms with Crippen molar-refractivity contribution in [1.29, 1.82) is 0 Å². The second-order valence-corrected chi connectivity index (χ2v) is 9.38. The van der Waals surface area contributed by atoms with Gasteiger partial charge in [0.25, 0.3) is 0 Å². The summed E-state index contributed by atoms with van der Waals surface area (Å²) in [6.45, 7) is -0.254. The molecular formula is C27H31N3O7. The molecule has 1 fully saturated rings. The molecule has 37 heavy (non-hydrogen) atoms. The van der Waals surface area contributed by atoms with Gasteiger partial charge in [0.05, 0.1) is 6.04 Å². The van der Waals surface area contributed by atoms with Gasteiger partial charge in [-0.15, -0.1) is 0 Å². The van der Waals surface area contributed by atoms with Gasteiger partial charge in [-0.3, -0.25) is 29.4 Å². The second-order valence-electron chi connectivity index (χ2n) is 9.38. The second kappa shape index (κ2) is 12.0. The molecule has 2 aliphatic rings. The molecule has 2 aromatic carbocycles. The molecule has 1 amide bonds. The van der Waals surface area contributed by atoms with Gasteiger partial charge in [0.2, 0.25) is 5.91 Å². The first kappa shape index (κ1) is 26.3. The first-order valence-corrected chi connectivity index (χ1v) is 12.4. The number of hydrogen-bond acceptors (Lipinski definition) is 7. The van der Waals surface area contributed by atoms with Crippen molar-refractivity contribution in [3.8, 4) is 0 Å². The molecule has 4 atom stereocenters. The summed E-state index contributed by atoms with van der Waals surface area (Å²) in [6, 6.07) is 14.4. The summed E-state index contributed by atoms with van der Waals surface area (Å²) < 4.78 is 5.66. The fourth-order valence-corrected chi connectivity index (χ4v) is 4.86. The van der Waals surface area contributed by atoms with Gasteiger partial charge in [-0.05, 0) is 42.9 Å². The number of fused-ring (bicyclic) bond motifs is 1. The number of rotatable bonds is 10. The van der Waals surface area contributed by atoms with E-state index in [0.717, 1.165) is 11.1 Å². The molecule has 10 nitrogen and oxygen atoms in total. The monoisotopic (exact) mass is 509 g/mol. The van der Waals surface area contributed by atoms with Crippen molar-refractivity contribution in [2.24, 2.45) is 0 Å². The quantitative estimate of drug-likeness (QED) is 0.349. The summed E-state index contributed by atoms with van der Waals surface area (Å²) in [6.07, 6.45) is 1.38. The third kappa shape index (κ3) is 6.72. The van der Waals surface area contributed by atoms with Gasteiger partial charge >= 0.3 is 17.9 Å². The molecule has 1 unspecified atom stereocenters. The number of nitrogens with zero attached hydrogens (tertiary/aromatic N) is 1. The van der Waals surface area contributed by atoms with Crippen molar-refractivity contribution in [2.45, 2.75) is 56.3 Å². The maximum absolute atomic E-state index is 13.5. The molecule has 0 radical (unpaired) electrons. The van der Waals surface area contributed by atoms with Gasteiger partial charge in [0.1, 0.15) is 24.7 Å². The zero-order valence-corrected chi connectivity index (χ0v) is 20.3. The number of esters is 1. The molecule has 2 heterocycles. The summed E-state index contributed by atoms with van der Waals surface area (Å²) in [5.41, 5.74) is 2.43. The molecular weight excluding hydrogens is 478 g/mol. The third-order valence-electron chi connectivity index (χ3n) is 6.77. The lowest BCUT2D eigenvalue weighted by molar-refractivity contribution is -0.152. The van der Waals surface area contributed by atoms with E-state index < -0.39 is 54.6 Å². The van der Waals surface area contributed by atoms with Crippen LogP contribution in [-0.2, 0) is 36.8 Å². The molecule has 1 saturated heterocycles. The molecule has 0 aliphatic carbocycles. The molecule has 0 spiro atoms. The first-order chi connectivity index (χ1) is 17.8. The summed E-state index contributed by atoms with van der Waals surface area (Å²) >= 11 is 0. The van der Waals surface area contributed by atoms with Crippen LogP contribution in [0.3, 0.4) is 0 Å². The minimum Gasteiger partial charge on any atom is -0.480 e. The van der Waals surface area contributed by atoms with Gasteiger partial charge in [-0.25, -0.2) is 0 Å². The predicted octanol–water partition coefficient (Wildman–Crippen LogP) is 1.37. The number of anilines is 1. The van der Waals surface area contributed by atoms with Crippen LogP contribution in [0.2, 0.25) is 0 Å². The number of carbonyl (C=O) groups excluding carboxylic acids is 2. The minimum absolute atomic E-state index is 0.163. The molecule has 4 N–H and O–H groups in total. The average Bonchev–Trinajstić information content (AvgIpc) is 3.31. The maximum atomic E-state index is 13.5. The molecule has 2 aliphatic heterocycles. The van der Waals surface area contributed by atoms with Gasteiger partial charge in [0.15, 0.2) is 0 Å². The van der Waals surface area contributed by atoms with Gasteiger partial charge in [-0.2, -0.15) is 0 Å². The van der Waals surface area contributed by atoms with E-state index in [1.54, 1.807) is 12.1 Å². The number of amides is 1. The Morgan fingerprint density at radius 3 is 2.51 bits per heavy atom. The van der Waals surface area contributed by atoms with Crippen molar-refractivity contribution in [3.05, 3.63) is 65.7 Å². The van der Waals surface area contributed by atoms with E-state index in [2.05, 4.69) is 10.6 Å². The van der Waals surface area contributed by atoms with Gasteiger partial charge in [0, 0.05) is 18.7 Å². The fraction of sp³-hybridized carbons (Fsp3) is 0.407. The lowest BCUT2D eigenvalue weighted by atomic mass is 10.0. The van der Waals surface area contributed by atoms with E-state index in [1.807, 2.05) is 42.5 Å². The van der Waals surface area contributed by atoms with E-state index in [4.69, 9.17) is 4.74 Å². The largest absolute Gasteiger partial charge is 0.480 e. The summed E-state index contributed by atoms with van der Waals surface area (Å²) in [7, 11) is 0. The van der Waals surface area contributed by atoms with Crippen molar-refractivity contribution in [1.82, 2.24) is 10.6 Å².